The van der Waals surface area contributed by atoms with E-state index in [1.54, 1.807) is 0 Å². The highest BCUT2D eigenvalue weighted by Crippen LogP contribution is 2.44. The van der Waals surface area contributed by atoms with E-state index in [9.17, 15) is 18.8 Å². The Morgan fingerprint density at radius 2 is 1.59 bits per heavy atom. The van der Waals surface area contributed by atoms with Crippen molar-refractivity contribution in [3.8, 4) is 11.1 Å². The summed E-state index contributed by atoms with van der Waals surface area (Å²) in [6.07, 6.45) is -0.787. The van der Waals surface area contributed by atoms with Gasteiger partial charge in [-0.2, -0.15) is 0 Å². The van der Waals surface area contributed by atoms with Crippen LogP contribution in [0.15, 0.2) is 66.7 Å². The van der Waals surface area contributed by atoms with Gasteiger partial charge in [0.15, 0.2) is 6.04 Å². The second-order valence-electron chi connectivity index (χ2n) is 7.69. The summed E-state index contributed by atoms with van der Waals surface area (Å²) in [6.45, 7) is -0.759. The third kappa shape index (κ3) is 4.60. The molecule has 8 nitrogen and oxygen atoms in total. The van der Waals surface area contributed by atoms with E-state index in [0.29, 0.717) is 0 Å². The minimum absolute atomic E-state index is 0.0585. The number of hydrogen-bond acceptors (Lipinski definition) is 5. The molecule has 1 atom stereocenters. The molecule has 34 heavy (non-hydrogen) atoms. The predicted molar refractivity (Wildman–Crippen MR) is 121 cm³/mol. The molecule has 0 radical (unpaired) electrons. The molecular formula is C25H21FN2O6. The number of carbonyl (C=O) groups is 3. The number of benzene rings is 3. The van der Waals surface area contributed by atoms with Crippen LogP contribution < -0.4 is 10.6 Å². The zero-order chi connectivity index (χ0) is 24.2. The number of amides is 2. The highest BCUT2D eigenvalue weighted by atomic mass is 19.1. The van der Waals surface area contributed by atoms with Crippen molar-refractivity contribution in [3.63, 3.8) is 0 Å². The second kappa shape index (κ2) is 9.72. The topological polar surface area (TPSA) is 125 Å². The quantitative estimate of drug-likeness (QED) is 0.425. The van der Waals surface area contributed by atoms with Crippen LogP contribution in [0, 0.1) is 5.82 Å². The molecule has 0 aliphatic heterocycles. The second-order valence-corrected chi connectivity index (χ2v) is 7.69. The minimum atomic E-state index is -1.56. The molecule has 1 aliphatic carbocycles. The highest BCUT2D eigenvalue weighted by Gasteiger charge is 2.29. The number of rotatable bonds is 7. The smallest absolute Gasteiger partial charge is 0.411 e. The molecule has 0 bridgehead atoms. The van der Waals surface area contributed by atoms with Crippen LogP contribution in [-0.4, -0.2) is 47.4 Å². The lowest BCUT2D eigenvalue weighted by Crippen LogP contribution is -2.43. The molecule has 4 N–H and O–H groups in total. The van der Waals surface area contributed by atoms with E-state index in [1.807, 2.05) is 53.8 Å². The molecule has 0 heterocycles. The molecule has 0 saturated carbocycles. The number of aliphatic hydroxyl groups excluding tert-OH is 1. The Hall–Kier alpha value is -4.24. The van der Waals surface area contributed by atoms with Gasteiger partial charge in [-0.25, -0.2) is 14.0 Å². The van der Waals surface area contributed by atoms with Gasteiger partial charge in [-0.05, 0) is 40.5 Å². The van der Waals surface area contributed by atoms with Crippen LogP contribution in [0.1, 0.15) is 27.4 Å². The standard InChI is InChI=1S/C25H21FN2O6/c26-21-11-14(9-10-19(21)23(30)28-22(12-29)24(31)32)27-25(33)34-13-20-17-7-3-1-5-15(17)16-6-2-4-8-18(16)20/h1-11,20,22,29H,12-13H2,(H,27,33)(H,28,30)(H,31,32)/t22-/m1/s1. The first-order chi connectivity index (χ1) is 16.4. The molecule has 0 spiro atoms. The molecule has 4 rings (SSSR count). The zero-order valence-electron chi connectivity index (χ0n) is 17.8. The Morgan fingerprint density at radius 1 is 0.971 bits per heavy atom. The number of carbonyl (C=O) groups excluding carboxylic acids is 2. The van der Waals surface area contributed by atoms with Gasteiger partial charge < -0.3 is 20.3 Å². The molecule has 3 aromatic carbocycles. The van der Waals surface area contributed by atoms with Gasteiger partial charge in [0, 0.05) is 11.6 Å². The number of aliphatic carboxylic acids is 1. The molecule has 0 saturated heterocycles. The van der Waals surface area contributed by atoms with Crippen LogP contribution in [0.2, 0.25) is 0 Å². The van der Waals surface area contributed by atoms with E-state index >= 15 is 0 Å². The van der Waals surface area contributed by atoms with Gasteiger partial charge in [-0.15, -0.1) is 0 Å². The van der Waals surface area contributed by atoms with Gasteiger partial charge in [0.1, 0.15) is 12.4 Å². The Bertz CT molecular complexity index is 1220. The van der Waals surface area contributed by atoms with Gasteiger partial charge in [-0.3, -0.25) is 10.1 Å². The van der Waals surface area contributed by atoms with E-state index in [2.05, 4.69) is 5.32 Å². The Morgan fingerprint density at radius 3 is 2.15 bits per heavy atom. The first kappa shape index (κ1) is 22.9. The Labute approximate surface area is 194 Å². The number of nitrogens with one attached hydrogen (secondary N) is 2. The first-order valence-electron chi connectivity index (χ1n) is 10.4. The largest absolute Gasteiger partial charge is 0.480 e. The monoisotopic (exact) mass is 464 g/mol. The van der Waals surface area contributed by atoms with Crippen molar-refractivity contribution in [2.75, 3.05) is 18.5 Å². The van der Waals surface area contributed by atoms with Gasteiger partial charge in [0.05, 0.1) is 12.2 Å². The number of halogens is 1. The summed E-state index contributed by atoms with van der Waals surface area (Å²) in [5.41, 5.74) is 3.92. The SMILES string of the molecule is O=C(Nc1ccc(C(=O)N[C@H](CO)C(=O)O)c(F)c1)OCC1c2ccccc2-c2ccccc21. The molecular weight excluding hydrogens is 443 g/mol. The van der Waals surface area contributed by atoms with E-state index in [-0.39, 0.29) is 18.2 Å². The summed E-state index contributed by atoms with van der Waals surface area (Å²) in [4.78, 5) is 35.4. The summed E-state index contributed by atoms with van der Waals surface area (Å²) in [6, 6.07) is 17.5. The maximum atomic E-state index is 14.4. The number of ether oxygens (including phenoxy) is 1. The van der Waals surface area contributed by atoms with Crippen LogP contribution in [0.5, 0.6) is 0 Å². The van der Waals surface area contributed by atoms with Crippen molar-refractivity contribution in [3.05, 3.63) is 89.2 Å². The van der Waals surface area contributed by atoms with E-state index in [4.69, 9.17) is 14.9 Å². The summed E-state index contributed by atoms with van der Waals surface area (Å²) in [7, 11) is 0. The van der Waals surface area contributed by atoms with Crippen molar-refractivity contribution < 1.29 is 33.7 Å². The number of fused-ring (bicyclic) bond motifs is 3. The Kier molecular flexibility index (Phi) is 6.55. The number of hydrogen-bond donors (Lipinski definition) is 4. The maximum Gasteiger partial charge on any atom is 0.411 e. The maximum absolute atomic E-state index is 14.4. The molecule has 0 aromatic heterocycles. The molecule has 2 amide bonds. The Balaban J connectivity index is 1.40. The number of carboxylic acid groups (broad SMARTS) is 1. The predicted octanol–water partition coefficient (Wildman–Crippen LogP) is 3.36. The normalized spacial score (nSPS) is 12.9. The first-order valence-corrected chi connectivity index (χ1v) is 10.4. The molecule has 0 unspecified atom stereocenters. The van der Waals surface area contributed by atoms with Crippen molar-refractivity contribution in [2.24, 2.45) is 0 Å². The fourth-order valence-corrected chi connectivity index (χ4v) is 3.95. The highest BCUT2D eigenvalue weighted by molar-refractivity contribution is 5.97. The van der Waals surface area contributed by atoms with E-state index in [0.717, 1.165) is 34.4 Å². The fourth-order valence-electron chi connectivity index (χ4n) is 3.95. The number of aliphatic hydroxyl groups is 1. The van der Waals surface area contributed by atoms with Crippen molar-refractivity contribution in [1.29, 1.82) is 0 Å². The number of carboxylic acids is 1. The summed E-state index contributed by atoms with van der Waals surface area (Å²) in [5, 5.41) is 22.3. The third-order valence-corrected chi connectivity index (χ3v) is 5.59. The van der Waals surface area contributed by atoms with Gasteiger partial charge in [0.25, 0.3) is 5.91 Å². The van der Waals surface area contributed by atoms with Crippen LogP contribution >= 0.6 is 0 Å². The average molecular weight is 464 g/mol. The lowest BCUT2D eigenvalue weighted by Gasteiger charge is -2.15. The van der Waals surface area contributed by atoms with E-state index in [1.165, 1.54) is 6.07 Å². The molecule has 1 aliphatic rings. The molecule has 174 valence electrons. The third-order valence-electron chi connectivity index (χ3n) is 5.59. The number of anilines is 1. The van der Waals surface area contributed by atoms with Gasteiger partial charge >= 0.3 is 12.1 Å². The van der Waals surface area contributed by atoms with Crippen LogP contribution in [-0.2, 0) is 9.53 Å². The fraction of sp³-hybridized carbons (Fsp3) is 0.160. The average Bonchev–Trinajstić information content (AvgIpc) is 3.14. The molecule has 9 heteroatoms. The van der Waals surface area contributed by atoms with Crippen molar-refractivity contribution in [1.82, 2.24) is 5.32 Å². The minimum Gasteiger partial charge on any atom is -0.480 e. The zero-order valence-corrected chi connectivity index (χ0v) is 17.8. The molecule has 0 fully saturated rings. The lowest BCUT2D eigenvalue weighted by molar-refractivity contribution is -0.140. The van der Waals surface area contributed by atoms with Gasteiger partial charge in [-0.1, -0.05) is 48.5 Å². The molecule has 3 aromatic rings. The van der Waals surface area contributed by atoms with Crippen LogP contribution in [0.3, 0.4) is 0 Å². The van der Waals surface area contributed by atoms with Gasteiger partial charge in [0.2, 0.25) is 0 Å². The van der Waals surface area contributed by atoms with Crippen LogP contribution in [0.4, 0.5) is 14.9 Å². The van der Waals surface area contributed by atoms with Crippen molar-refractivity contribution >= 4 is 23.7 Å². The summed E-state index contributed by atoms with van der Waals surface area (Å²) >= 11 is 0. The lowest BCUT2D eigenvalue weighted by atomic mass is 9.98. The summed E-state index contributed by atoms with van der Waals surface area (Å²) in [5.74, 6) is -3.57. The van der Waals surface area contributed by atoms with E-state index < -0.39 is 42.0 Å². The summed E-state index contributed by atoms with van der Waals surface area (Å²) < 4.78 is 19.8. The van der Waals surface area contributed by atoms with Crippen molar-refractivity contribution in [2.45, 2.75) is 12.0 Å². The van der Waals surface area contributed by atoms with Crippen LogP contribution in [0.25, 0.3) is 11.1 Å².